The van der Waals surface area contributed by atoms with E-state index in [2.05, 4.69) is 40.5 Å². The van der Waals surface area contributed by atoms with Gasteiger partial charge in [0.05, 0.1) is 0 Å². The lowest BCUT2D eigenvalue weighted by molar-refractivity contribution is -0.132. The summed E-state index contributed by atoms with van der Waals surface area (Å²) in [4.78, 5) is 17.1. The number of rotatable bonds is 3. The Balaban J connectivity index is 1.44. The first-order valence-corrected chi connectivity index (χ1v) is 11.0. The SMILES string of the molecule is CC(C)NC(=O)N1CCC(N2CC3(CCCCC3)C2c2ccccc2)CC1. The van der Waals surface area contributed by atoms with Crippen LogP contribution in [-0.2, 0) is 0 Å². The van der Waals surface area contributed by atoms with E-state index in [1.54, 1.807) is 0 Å². The Kier molecular flexibility index (Phi) is 5.45. The van der Waals surface area contributed by atoms with Crippen molar-refractivity contribution in [3.63, 3.8) is 0 Å². The van der Waals surface area contributed by atoms with Gasteiger partial charge in [-0.25, -0.2) is 4.79 Å². The molecule has 3 aliphatic rings. The Hall–Kier alpha value is -1.55. The molecule has 3 fully saturated rings. The Labute approximate surface area is 164 Å². The van der Waals surface area contributed by atoms with Crippen LogP contribution in [-0.4, -0.2) is 47.5 Å². The Morgan fingerprint density at radius 1 is 1.07 bits per heavy atom. The molecule has 2 aliphatic heterocycles. The highest BCUT2D eigenvalue weighted by Crippen LogP contribution is 2.58. The van der Waals surface area contributed by atoms with Gasteiger partial charge in [0.15, 0.2) is 0 Å². The summed E-state index contributed by atoms with van der Waals surface area (Å²) in [6, 6.07) is 12.7. The molecule has 148 valence electrons. The molecular formula is C23H35N3O. The number of nitrogens with zero attached hydrogens (tertiary/aromatic N) is 2. The van der Waals surface area contributed by atoms with Crippen LogP contribution in [0.1, 0.15) is 70.4 Å². The fourth-order valence-electron chi connectivity index (χ4n) is 5.73. The molecule has 27 heavy (non-hydrogen) atoms. The molecule has 1 aromatic rings. The minimum absolute atomic E-state index is 0.107. The van der Waals surface area contributed by atoms with E-state index < -0.39 is 0 Å². The van der Waals surface area contributed by atoms with Crippen LogP contribution in [0.4, 0.5) is 4.79 Å². The zero-order valence-electron chi connectivity index (χ0n) is 17.0. The lowest BCUT2D eigenvalue weighted by Gasteiger charge is -2.63. The first-order valence-electron chi connectivity index (χ1n) is 11.0. The smallest absolute Gasteiger partial charge is 0.317 e. The van der Waals surface area contributed by atoms with Gasteiger partial charge in [-0.3, -0.25) is 4.90 Å². The average Bonchev–Trinajstić information content (AvgIpc) is 2.67. The number of urea groups is 1. The van der Waals surface area contributed by atoms with Gasteiger partial charge in [-0.05, 0) is 45.1 Å². The van der Waals surface area contributed by atoms with Crippen LogP contribution in [0.15, 0.2) is 30.3 Å². The third kappa shape index (κ3) is 3.73. The summed E-state index contributed by atoms with van der Waals surface area (Å²) in [5, 5.41) is 3.04. The third-order valence-corrected chi connectivity index (χ3v) is 7.01. The lowest BCUT2D eigenvalue weighted by atomic mass is 9.60. The van der Waals surface area contributed by atoms with Crippen molar-refractivity contribution >= 4 is 6.03 Å². The molecule has 4 rings (SSSR count). The molecule has 1 unspecified atom stereocenters. The first kappa shape index (κ1) is 18.8. The van der Waals surface area contributed by atoms with Crippen LogP contribution in [0, 0.1) is 5.41 Å². The van der Waals surface area contributed by atoms with E-state index in [0.29, 0.717) is 17.5 Å². The molecule has 0 aromatic heterocycles. The summed E-state index contributed by atoms with van der Waals surface area (Å²) in [5.41, 5.74) is 2.01. The van der Waals surface area contributed by atoms with Crippen LogP contribution >= 0.6 is 0 Å². The zero-order chi connectivity index (χ0) is 18.9. The highest BCUT2D eigenvalue weighted by Gasteiger charge is 2.54. The number of nitrogens with one attached hydrogen (secondary N) is 1. The molecule has 1 aromatic carbocycles. The van der Waals surface area contributed by atoms with E-state index in [9.17, 15) is 4.79 Å². The van der Waals surface area contributed by atoms with Crippen LogP contribution in [0.5, 0.6) is 0 Å². The van der Waals surface area contributed by atoms with Crippen molar-refractivity contribution in [3.05, 3.63) is 35.9 Å². The largest absolute Gasteiger partial charge is 0.336 e. The predicted molar refractivity (Wildman–Crippen MR) is 110 cm³/mol. The zero-order valence-corrected chi connectivity index (χ0v) is 17.0. The van der Waals surface area contributed by atoms with Crippen molar-refractivity contribution < 1.29 is 4.79 Å². The standard InChI is InChI=1S/C23H35N3O/c1-18(2)24-22(27)25-15-11-20(12-16-25)26-17-23(13-7-4-8-14-23)21(26)19-9-5-3-6-10-19/h3,5-6,9-10,18,20-21H,4,7-8,11-17H2,1-2H3,(H,24,27). The molecule has 1 aliphatic carbocycles. The highest BCUT2D eigenvalue weighted by atomic mass is 16.2. The quantitative estimate of drug-likeness (QED) is 0.847. The molecule has 1 N–H and O–H groups in total. The minimum Gasteiger partial charge on any atom is -0.336 e. The summed E-state index contributed by atoms with van der Waals surface area (Å²) in [7, 11) is 0. The van der Waals surface area contributed by atoms with Crippen LogP contribution in [0.2, 0.25) is 0 Å². The van der Waals surface area contributed by atoms with Gasteiger partial charge in [0.1, 0.15) is 0 Å². The van der Waals surface area contributed by atoms with Gasteiger partial charge in [-0.15, -0.1) is 0 Å². The number of hydrogen-bond acceptors (Lipinski definition) is 2. The maximum absolute atomic E-state index is 12.3. The summed E-state index contributed by atoms with van der Waals surface area (Å²) < 4.78 is 0. The van der Waals surface area contributed by atoms with E-state index in [0.717, 1.165) is 25.9 Å². The van der Waals surface area contributed by atoms with Crippen molar-refractivity contribution in [1.29, 1.82) is 0 Å². The van der Waals surface area contributed by atoms with Crippen molar-refractivity contribution in [2.75, 3.05) is 19.6 Å². The monoisotopic (exact) mass is 369 g/mol. The summed E-state index contributed by atoms with van der Waals surface area (Å²) in [6.07, 6.45) is 9.18. The molecule has 1 saturated carbocycles. The lowest BCUT2D eigenvalue weighted by Crippen LogP contribution is -2.64. The molecule has 0 radical (unpaired) electrons. The van der Waals surface area contributed by atoms with Gasteiger partial charge in [-0.1, -0.05) is 49.6 Å². The van der Waals surface area contributed by atoms with Gasteiger partial charge in [0, 0.05) is 43.2 Å². The van der Waals surface area contributed by atoms with Gasteiger partial charge in [-0.2, -0.15) is 0 Å². The normalized spacial score (nSPS) is 26.2. The topological polar surface area (TPSA) is 35.6 Å². The van der Waals surface area contributed by atoms with Crippen molar-refractivity contribution in [3.8, 4) is 0 Å². The van der Waals surface area contributed by atoms with E-state index in [1.165, 1.54) is 44.2 Å². The number of likely N-dealkylation sites (tertiary alicyclic amines) is 2. The fraction of sp³-hybridized carbons (Fsp3) is 0.696. The Morgan fingerprint density at radius 2 is 1.74 bits per heavy atom. The third-order valence-electron chi connectivity index (χ3n) is 7.01. The number of carbonyl (C=O) groups excluding carboxylic acids is 1. The minimum atomic E-state index is 0.107. The molecule has 0 bridgehead atoms. The fourth-order valence-corrected chi connectivity index (χ4v) is 5.73. The second kappa shape index (κ2) is 7.83. The van der Waals surface area contributed by atoms with Crippen LogP contribution in [0.3, 0.4) is 0 Å². The summed E-state index contributed by atoms with van der Waals surface area (Å²) >= 11 is 0. The van der Waals surface area contributed by atoms with Crippen LogP contribution < -0.4 is 5.32 Å². The molecular weight excluding hydrogens is 334 g/mol. The molecule has 2 amide bonds. The molecule has 2 saturated heterocycles. The first-order chi connectivity index (χ1) is 13.1. The Morgan fingerprint density at radius 3 is 2.37 bits per heavy atom. The van der Waals surface area contributed by atoms with Gasteiger partial charge in [0.25, 0.3) is 0 Å². The van der Waals surface area contributed by atoms with Crippen molar-refractivity contribution in [1.82, 2.24) is 15.1 Å². The summed E-state index contributed by atoms with van der Waals surface area (Å²) in [5.74, 6) is 0. The number of hydrogen-bond donors (Lipinski definition) is 1. The molecule has 1 atom stereocenters. The number of carbonyl (C=O) groups is 1. The second-order valence-electron chi connectivity index (χ2n) is 9.23. The molecule has 2 heterocycles. The van der Waals surface area contributed by atoms with E-state index in [4.69, 9.17) is 0 Å². The molecule has 4 heteroatoms. The Bertz CT molecular complexity index is 630. The molecule has 4 nitrogen and oxygen atoms in total. The highest BCUT2D eigenvalue weighted by molar-refractivity contribution is 5.74. The maximum atomic E-state index is 12.3. The van der Waals surface area contributed by atoms with E-state index in [-0.39, 0.29) is 12.1 Å². The average molecular weight is 370 g/mol. The van der Waals surface area contributed by atoms with E-state index in [1.807, 2.05) is 18.7 Å². The molecule has 1 spiro atoms. The van der Waals surface area contributed by atoms with Crippen molar-refractivity contribution in [2.24, 2.45) is 5.41 Å². The summed E-state index contributed by atoms with van der Waals surface area (Å²) in [6.45, 7) is 7.08. The van der Waals surface area contributed by atoms with Gasteiger partial charge in [0.2, 0.25) is 0 Å². The van der Waals surface area contributed by atoms with Gasteiger partial charge < -0.3 is 10.2 Å². The number of piperidine rings is 1. The predicted octanol–water partition coefficient (Wildman–Crippen LogP) is 4.58. The van der Waals surface area contributed by atoms with Crippen molar-refractivity contribution in [2.45, 2.75) is 76.9 Å². The maximum Gasteiger partial charge on any atom is 0.317 e. The van der Waals surface area contributed by atoms with Crippen LogP contribution in [0.25, 0.3) is 0 Å². The number of benzene rings is 1. The van der Waals surface area contributed by atoms with Gasteiger partial charge >= 0.3 is 6.03 Å². The van der Waals surface area contributed by atoms with E-state index >= 15 is 0 Å². The second-order valence-corrected chi connectivity index (χ2v) is 9.23. The number of amides is 2.